The molecule has 0 N–H and O–H groups in total. The molecule has 89 valence electrons. The van der Waals surface area contributed by atoms with Crippen LogP contribution in [0, 0.1) is 6.92 Å². The van der Waals surface area contributed by atoms with Crippen molar-refractivity contribution in [3.8, 4) is 0 Å². The lowest BCUT2D eigenvalue weighted by Crippen LogP contribution is -2.53. The Kier molecular flexibility index (Phi) is 5.73. The minimum absolute atomic E-state index is 0.696. The van der Waals surface area contributed by atoms with Crippen LogP contribution in [-0.2, 0) is 8.85 Å². The van der Waals surface area contributed by atoms with Gasteiger partial charge in [0.05, 0.1) is 0 Å². The highest BCUT2D eigenvalue weighted by Gasteiger charge is 2.38. The van der Waals surface area contributed by atoms with E-state index in [1.807, 2.05) is 32.0 Å². The van der Waals surface area contributed by atoms with Crippen LogP contribution >= 0.6 is 0 Å². The number of hydrogen-bond donors (Lipinski definition) is 0. The largest absolute Gasteiger partial charge is 0.391 e. The van der Waals surface area contributed by atoms with Gasteiger partial charge in [0.1, 0.15) is 0 Å². The third-order valence-electron chi connectivity index (χ3n) is 2.47. The Labute approximate surface area is 99.8 Å². The molecule has 0 aliphatic heterocycles. The molecule has 0 spiro atoms. The highest BCUT2D eigenvalue weighted by atomic mass is 28.4. The zero-order chi connectivity index (χ0) is 11.9. The molecule has 2 nitrogen and oxygen atoms in total. The third kappa shape index (κ3) is 3.17. The summed E-state index contributed by atoms with van der Waals surface area (Å²) in [6.07, 6.45) is 0.848. The summed E-state index contributed by atoms with van der Waals surface area (Å²) in [4.78, 5) is 0. The molecule has 0 amide bonds. The first kappa shape index (κ1) is 13.4. The number of hydrogen-bond acceptors (Lipinski definition) is 2. The van der Waals surface area contributed by atoms with Crippen LogP contribution in [0.3, 0.4) is 0 Å². The van der Waals surface area contributed by atoms with Crippen LogP contribution in [0.1, 0.15) is 20.3 Å². The lowest BCUT2D eigenvalue weighted by atomic mass is 10.4. The Bertz CT molecular complexity index is 270. The minimum atomic E-state index is -2.23. The van der Waals surface area contributed by atoms with Crippen molar-refractivity contribution in [3.05, 3.63) is 37.3 Å². The molecule has 0 aliphatic carbocycles. The molecule has 16 heavy (non-hydrogen) atoms. The van der Waals surface area contributed by atoms with E-state index >= 15 is 0 Å². The number of rotatable bonds is 7. The van der Waals surface area contributed by atoms with Gasteiger partial charge >= 0.3 is 8.56 Å². The summed E-state index contributed by atoms with van der Waals surface area (Å²) < 4.78 is 11.9. The Morgan fingerprint density at radius 3 is 2.06 bits per heavy atom. The van der Waals surface area contributed by atoms with E-state index in [1.54, 1.807) is 0 Å². The van der Waals surface area contributed by atoms with Crippen LogP contribution in [0.5, 0.6) is 0 Å². The van der Waals surface area contributed by atoms with Crippen LogP contribution in [-0.4, -0.2) is 21.8 Å². The van der Waals surface area contributed by atoms with Crippen molar-refractivity contribution in [1.82, 2.24) is 0 Å². The van der Waals surface area contributed by atoms with Gasteiger partial charge in [0, 0.05) is 13.2 Å². The molecule has 1 rings (SSSR count). The van der Waals surface area contributed by atoms with Crippen LogP contribution < -0.4 is 5.19 Å². The molecule has 3 heteroatoms. The highest BCUT2D eigenvalue weighted by Crippen LogP contribution is 2.16. The molecule has 0 aliphatic rings. The van der Waals surface area contributed by atoms with E-state index in [0.29, 0.717) is 13.2 Å². The molecule has 1 radical (unpaired) electrons. The van der Waals surface area contributed by atoms with Crippen molar-refractivity contribution in [2.45, 2.75) is 26.3 Å². The molecule has 0 saturated carbocycles. The fourth-order valence-corrected chi connectivity index (χ4v) is 4.98. The molecule has 1 aromatic rings. The molecule has 0 fully saturated rings. The van der Waals surface area contributed by atoms with Crippen LogP contribution in [0.15, 0.2) is 30.3 Å². The van der Waals surface area contributed by atoms with Crippen molar-refractivity contribution in [1.29, 1.82) is 0 Å². The molecule has 0 aromatic heterocycles. The fourth-order valence-electron chi connectivity index (χ4n) is 1.89. The van der Waals surface area contributed by atoms with Crippen molar-refractivity contribution >= 4 is 13.7 Å². The van der Waals surface area contributed by atoms with Gasteiger partial charge in [-0.3, -0.25) is 0 Å². The Morgan fingerprint density at radius 2 is 1.62 bits per heavy atom. The first-order valence-electron chi connectivity index (χ1n) is 5.91. The van der Waals surface area contributed by atoms with E-state index in [2.05, 4.69) is 19.1 Å². The summed E-state index contributed by atoms with van der Waals surface area (Å²) in [5.74, 6) is 0. The van der Waals surface area contributed by atoms with Crippen LogP contribution in [0.2, 0.25) is 6.04 Å². The summed E-state index contributed by atoms with van der Waals surface area (Å²) >= 11 is 0. The first-order chi connectivity index (χ1) is 7.79. The van der Waals surface area contributed by atoms with Crippen molar-refractivity contribution in [3.63, 3.8) is 0 Å². The smallest absolute Gasteiger partial charge is 0.372 e. The predicted molar refractivity (Wildman–Crippen MR) is 69.9 cm³/mol. The van der Waals surface area contributed by atoms with E-state index in [4.69, 9.17) is 8.85 Å². The average molecular weight is 237 g/mol. The maximum atomic E-state index is 5.97. The number of benzene rings is 1. The molecule has 0 atom stereocenters. The monoisotopic (exact) mass is 237 g/mol. The third-order valence-corrected chi connectivity index (χ3v) is 6.21. The van der Waals surface area contributed by atoms with Gasteiger partial charge in [0.2, 0.25) is 0 Å². The van der Waals surface area contributed by atoms with E-state index in [-0.39, 0.29) is 0 Å². The second-order valence-corrected chi connectivity index (χ2v) is 6.75. The summed E-state index contributed by atoms with van der Waals surface area (Å²) in [7, 11) is -2.23. The van der Waals surface area contributed by atoms with E-state index in [0.717, 1.165) is 12.5 Å². The summed E-state index contributed by atoms with van der Waals surface area (Å²) in [6, 6.07) is 11.2. The van der Waals surface area contributed by atoms with E-state index in [1.165, 1.54) is 5.19 Å². The van der Waals surface area contributed by atoms with Gasteiger partial charge in [0.15, 0.2) is 0 Å². The Balaban J connectivity index is 2.99. The minimum Gasteiger partial charge on any atom is -0.391 e. The standard InChI is InChI=1S/C13H21O2Si/c1-4-12-16(14-5-2,15-6-3)13-10-8-7-9-11-13/h7-11H,1,4-6,12H2,2-3H3. The quantitative estimate of drug-likeness (QED) is 0.679. The normalized spacial score (nSPS) is 11.7. The van der Waals surface area contributed by atoms with E-state index < -0.39 is 8.56 Å². The summed E-state index contributed by atoms with van der Waals surface area (Å²) in [6.45, 7) is 9.37. The Morgan fingerprint density at radius 1 is 1.06 bits per heavy atom. The van der Waals surface area contributed by atoms with Gasteiger partial charge in [-0.25, -0.2) is 0 Å². The van der Waals surface area contributed by atoms with Gasteiger partial charge < -0.3 is 8.85 Å². The van der Waals surface area contributed by atoms with Gasteiger partial charge in [-0.15, -0.1) is 0 Å². The first-order valence-corrected chi connectivity index (χ1v) is 7.94. The van der Waals surface area contributed by atoms with Crippen molar-refractivity contribution in [2.75, 3.05) is 13.2 Å². The van der Waals surface area contributed by atoms with E-state index in [9.17, 15) is 0 Å². The van der Waals surface area contributed by atoms with Crippen LogP contribution in [0.4, 0.5) is 0 Å². The SMILES string of the molecule is [CH2]CC[Si](OCC)(OCC)c1ccccc1. The second kappa shape index (κ2) is 6.84. The second-order valence-electron chi connectivity index (χ2n) is 3.59. The van der Waals surface area contributed by atoms with Crippen molar-refractivity contribution < 1.29 is 8.85 Å². The maximum absolute atomic E-state index is 5.97. The van der Waals surface area contributed by atoms with Gasteiger partial charge in [-0.2, -0.15) is 0 Å². The predicted octanol–water partition coefficient (Wildman–Crippen LogP) is 2.63. The molecule has 0 saturated heterocycles. The van der Waals surface area contributed by atoms with Crippen LogP contribution in [0.25, 0.3) is 0 Å². The molecule has 0 bridgehead atoms. The summed E-state index contributed by atoms with van der Waals surface area (Å²) in [5, 5.41) is 1.21. The average Bonchev–Trinajstić information content (AvgIpc) is 2.31. The highest BCUT2D eigenvalue weighted by molar-refractivity contribution is 6.81. The molecular formula is C13H21O2Si. The maximum Gasteiger partial charge on any atom is 0.372 e. The van der Waals surface area contributed by atoms with Gasteiger partial charge in [-0.05, 0) is 25.1 Å². The lowest BCUT2D eigenvalue weighted by molar-refractivity contribution is 0.196. The Hall–Kier alpha value is -0.643. The van der Waals surface area contributed by atoms with Gasteiger partial charge in [-0.1, -0.05) is 43.7 Å². The van der Waals surface area contributed by atoms with Gasteiger partial charge in [0.25, 0.3) is 0 Å². The molecule has 0 heterocycles. The molecular weight excluding hydrogens is 216 g/mol. The topological polar surface area (TPSA) is 18.5 Å². The molecule has 1 aromatic carbocycles. The fraction of sp³-hybridized carbons (Fsp3) is 0.462. The lowest BCUT2D eigenvalue weighted by Gasteiger charge is -2.30. The van der Waals surface area contributed by atoms with Crippen molar-refractivity contribution in [2.24, 2.45) is 0 Å². The summed E-state index contributed by atoms with van der Waals surface area (Å²) in [5.41, 5.74) is 0. The zero-order valence-corrected chi connectivity index (χ0v) is 11.2. The molecule has 0 unspecified atom stereocenters. The zero-order valence-electron chi connectivity index (χ0n) is 10.2.